The van der Waals surface area contributed by atoms with E-state index in [1.54, 1.807) is 11.8 Å². The summed E-state index contributed by atoms with van der Waals surface area (Å²) < 4.78 is 12.9. The van der Waals surface area contributed by atoms with E-state index in [4.69, 9.17) is 5.26 Å². The van der Waals surface area contributed by atoms with Crippen LogP contribution in [0.15, 0.2) is 0 Å². The van der Waals surface area contributed by atoms with Crippen LogP contribution in [0, 0.1) is 17.2 Å². The molecule has 0 radical (unpaired) electrons. The van der Waals surface area contributed by atoms with Crippen molar-refractivity contribution in [2.24, 2.45) is 5.92 Å². The smallest absolute Gasteiger partial charge is 0.113 e. The standard InChI is InChI=1S/C7H10FNS/c8-7-5-10-4-2-6(7)1-3-9/h6-7H,1-2,4-5H2/t6-,7-/m1/s1. The molecule has 3 heteroatoms. The van der Waals surface area contributed by atoms with Gasteiger partial charge < -0.3 is 0 Å². The highest BCUT2D eigenvalue weighted by molar-refractivity contribution is 7.99. The molecule has 0 N–H and O–H groups in total. The van der Waals surface area contributed by atoms with Crippen molar-refractivity contribution in [3.8, 4) is 6.07 Å². The first kappa shape index (κ1) is 7.87. The summed E-state index contributed by atoms with van der Waals surface area (Å²) in [6.07, 6.45) is 0.527. The van der Waals surface area contributed by atoms with Crippen molar-refractivity contribution < 1.29 is 4.39 Å². The van der Waals surface area contributed by atoms with Crippen LogP contribution in [-0.2, 0) is 0 Å². The second-order valence-corrected chi connectivity index (χ2v) is 3.65. The molecule has 1 aliphatic heterocycles. The Morgan fingerprint density at radius 1 is 1.70 bits per heavy atom. The monoisotopic (exact) mass is 159 g/mol. The fourth-order valence-corrected chi connectivity index (χ4v) is 2.23. The maximum atomic E-state index is 12.9. The molecule has 1 saturated heterocycles. The fourth-order valence-electron chi connectivity index (χ4n) is 1.09. The summed E-state index contributed by atoms with van der Waals surface area (Å²) in [5, 5.41) is 8.31. The third-order valence-electron chi connectivity index (χ3n) is 1.78. The average Bonchev–Trinajstić information content (AvgIpc) is 1.94. The van der Waals surface area contributed by atoms with Gasteiger partial charge in [0.25, 0.3) is 0 Å². The van der Waals surface area contributed by atoms with Crippen LogP contribution in [-0.4, -0.2) is 17.7 Å². The SMILES string of the molecule is N#CC[C@@H]1CCSC[C@H]1F. The van der Waals surface area contributed by atoms with Crippen LogP contribution in [0.3, 0.4) is 0 Å². The summed E-state index contributed by atoms with van der Waals surface area (Å²) in [5.74, 6) is 1.63. The second-order valence-electron chi connectivity index (χ2n) is 2.50. The van der Waals surface area contributed by atoms with Gasteiger partial charge >= 0.3 is 0 Å². The van der Waals surface area contributed by atoms with Crippen molar-refractivity contribution in [3.05, 3.63) is 0 Å². The van der Waals surface area contributed by atoms with Gasteiger partial charge in [0, 0.05) is 18.1 Å². The molecular formula is C7H10FNS. The molecule has 0 aliphatic carbocycles. The van der Waals surface area contributed by atoms with Gasteiger partial charge in [0.2, 0.25) is 0 Å². The summed E-state index contributed by atoms with van der Waals surface area (Å²) >= 11 is 1.65. The number of thioether (sulfide) groups is 1. The third-order valence-corrected chi connectivity index (χ3v) is 2.85. The predicted molar refractivity (Wildman–Crippen MR) is 40.6 cm³/mol. The number of halogens is 1. The van der Waals surface area contributed by atoms with Crippen molar-refractivity contribution in [1.29, 1.82) is 5.26 Å². The molecule has 2 atom stereocenters. The van der Waals surface area contributed by atoms with Gasteiger partial charge in [0.05, 0.1) is 6.07 Å². The molecule has 56 valence electrons. The lowest BCUT2D eigenvalue weighted by molar-refractivity contribution is 0.246. The van der Waals surface area contributed by atoms with Gasteiger partial charge in [-0.2, -0.15) is 17.0 Å². The maximum absolute atomic E-state index is 12.9. The molecule has 0 aromatic carbocycles. The van der Waals surface area contributed by atoms with Crippen LogP contribution < -0.4 is 0 Å². The normalized spacial score (nSPS) is 33.2. The van der Waals surface area contributed by atoms with E-state index in [9.17, 15) is 4.39 Å². The third kappa shape index (κ3) is 1.88. The minimum Gasteiger partial charge on any atom is -0.246 e. The Morgan fingerprint density at radius 2 is 2.50 bits per heavy atom. The molecule has 0 bridgehead atoms. The number of rotatable bonds is 1. The fraction of sp³-hybridized carbons (Fsp3) is 0.857. The zero-order chi connectivity index (χ0) is 7.40. The number of nitriles is 1. The Bertz CT molecular complexity index is 143. The van der Waals surface area contributed by atoms with Crippen molar-refractivity contribution in [3.63, 3.8) is 0 Å². The highest BCUT2D eigenvalue weighted by Gasteiger charge is 2.24. The summed E-state index contributed by atoms with van der Waals surface area (Å²) in [6, 6.07) is 2.02. The van der Waals surface area contributed by atoms with E-state index in [-0.39, 0.29) is 5.92 Å². The van der Waals surface area contributed by atoms with Gasteiger partial charge in [-0.15, -0.1) is 0 Å². The number of hydrogen-bond donors (Lipinski definition) is 0. The molecule has 0 aromatic heterocycles. The lowest BCUT2D eigenvalue weighted by Crippen LogP contribution is -2.23. The lowest BCUT2D eigenvalue weighted by Gasteiger charge is -2.22. The lowest BCUT2D eigenvalue weighted by atomic mass is 9.98. The number of nitrogens with zero attached hydrogens (tertiary/aromatic N) is 1. The largest absolute Gasteiger partial charge is 0.246 e. The van der Waals surface area contributed by atoms with Gasteiger partial charge in [0.1, 0.15) is 6.17 Å². The molecule has 0 saturated carbocycles. The summed E-state index contributed by atoms with van der Waals surface area (Å²) in [4.78, 5) is 0. The highest BCUT2D eigenvalue weighted by Crippen LogP contribution is 2.27. The van der Waals surface area contributed by atoms with Crippen LogP contribution in [0.2, 0.25) is 0 Å². The topological polar surface area (TPSA) is 23.8 Å². The highest BCUT2D eigenvalue weighted by atomic mass is 32.2. The van der Waals surface area contributed by atoms with Crippen molar-refractivity contribution >= 4 is 11.8 Å². The molecule has 1 heterocycles. The first-order valence-electron chi connectivity index (χ1n) is 3.43. The minimum atomic E-state index is -0.738. The molecule has 0 spiro atoms. The van der Waals surface area contributed by atoms with Gasteiger partial charge in [-0.05, 0) is 12.2 Å². The van der Waals surface area contributed by atoms with Crippen LogP contribution in [0.4, 0.5) is 4.39 Å². The van der Waals surface area contributed by atoms with Gasteiger partial charge in [-0.25, -0.2) is 4.39 Å². The van der Waals surface area contributed by atoms with Crippen LogP contribution in [0.5, 0.6) is 0 Å². The minimum absolute atomic E-state index is 0.0197. The molecule has 1 rings (SSSR count). The Labute approximate surface area is 64.6 Å². The quantitative estimate of drug-likeness (QED) is 0.584. The van der Waals surface area contributed by atoms with E-state index in [1.165, 1.54) is 0 Å². The second kappa shape index (κ2) is 3.82. The molecule has 10 heavy (non-hydrogen) atoms. The molecular weight excluding hydrogens is 149 g/mol. The Balaban J connectivity index is 2.34. The molecule has 1 fully saturated rings. The molecule has 0 unspecified atom stereocenters. The summed E-state index contributed by atoms with van der Waals surface area (Å²) in [6.45, 7) is 0. The summed E-state index contributed by atoms with van der Waals surface area (Å²) in [5.41, 5.74) is 0. The Hall–Kier alpha value is -0.230. The van der Waals surface area contributed by atoms with E-state index in [0.717, 1.165) is 12.2 Å². The van der Waals surface area contributed by atoms with Gasteiger partial charge in [-0.1, -0.05) is 0 Å². The molecule has 1 aliphatic rings. The van der Waals surface area contributed by atoms with Crippen LogP contribution in [0.1, 0.15) is 12.8 Å². The molecule has 0 aromatic rings. The summed E-state index contributed by atoms with van der Waals surface area (Å²) in [7, 11) is 0. The zero-order valence-electron chi connectivity index (χ0n) is 5.72. The van der Waals surface area contributed by atoms with Crippen molar-refractivity contribution in [1.82, 2.24) is 0 Å². The van der Waals surface area contributed by atoms with E-state index >= 15 is 0 Å². The van der Waals surface area contributed by atoms with Gasteiger partial charge in [-0.3, -0.25) is 0 Å². The van der Waals surface area contributed by atoms with E-state index < -0.39 is 6.17 Å². The predicted octanol–water partition coefficient (Wildman–Crippen LogP) is 1.99. The first-order chi connectivity index (χ1) is 4.84. The van der Waals surface area contributed by atoms with Gasteiger partial charge in [0.15, 0.2) is 0 Å². The Morgan fingerprint density at radius 3 is 3.10 bits per heavy atom. The maximum Gasteiger partial charge on any atom is 0.113 e. The van der Waals surface area contributed by atoms with Crippen molar-refractivity contribution in [2.45, 2.75) is 19.0 Å². The average molecular weight is 159 g/mol. The van der Waals surface area contributed by atoms with E-state index in [1.807, 2.05) is 6.07 Å². The Kier molecular flexibility index (Phi) is 3.01. The zero-order valence-corrected chi connectivity index (χ0v) is 6.53. The number of alkyl halides is 1. The number of hydrogen-bond acceptors (Lipinski definition) is 2. The first-order valence-corrected chi connectivity index (χ1v) is 4.59. The van der Waals surface area contributed by atoms with Crippen LogP contribution in [0.25, 0.3) is 0 Å². The van der Waals surface area contributed by atoms with Crippen molar-refractivity contribution in [2.75, 3.05) is 11.5 Å². The molecule has 0 amide bonds. The van der Waals surface area contributed by atoms with Crippen LogP contribution >= 0.6 is 11.8 Å². The van der Waals surface area contributed by atoms with E-state index in [0.29, 0.717) is 12.2 Å². The van der Waals surface area contributed by atoms with E-state index in [2.05, 4.69) is 0 Å². The molecule has 1 nitrogen and oxygen atoms in total.